The summed E-state index contributed by atoms with van der Waals surface area (Å²) in [5, 5.41) is 4.70. The van der Waals surface area contributed by atoms with Gasteiger partial charge in [0, 0.05) is 29.0 Å². The first-order valence-corrected chi connectivity index (χ1v) is 11.7. The zero-order valence-electron chi connectivity index (χ0n) is 15.7. The van der Waals surface area contributed by atoms with E-state index in [1.54, 1.807) is 54.0 Å². The molecule has 2 aromatic carbocycles. The highest BCUT2D eigenvalue weighted by Crippen LogP contribution is 2.20. The minimum absolute atomic E-state index is 0.0502. The molecule has 0 radical (unpaired) electrons. The lowest BCUT2D eigenvalue weighted by Gasteiger charge is -2.10. The molecule has 1 N–H and O–H groups in total. The van der Waals surface area contributed by atoms with E-state index < -0.39 is 9.84 Å². The van der Waals surface area contributed by atoms with Crippen LogP contribution < -0.4 is 14.8 Å². The Morgan fingerprint density at radius 1 is 1.10 bits per heavy atom. The molecule has 0 fully saturated rings. The Balaban J connectivity index is 1.59. The number of aromatic nitrogens is 1. The average molecular weight is 433 g/mol. The van der Waals surface area contributed by atoms with Gasteiger partial charge >= 0.3 is 0 Å². The van der Waals surface area contributed by atoms with E-state index in [1.165, 1.54) is 11.3 Å². The number of rotatable bonds is 9. The van der Waals surface area contributed by atoms with E-state index in [2.05, 4.69) is 10.3 Å². The van der Waals surface area contributed by atoms with Crippen LogP contribution in [0.2, 0.25) is 0 Å². The Labute approximate surface area is 173 Å². The normalized spacial score (nSPS) is 11.1. The molecule has 1 heterocycles. The maximum Gasteiger partial charge on any atom is 0.255 e. The van der Waals surface area contributed by atoms with Gasteiger partial charge in [-0.1, -0.05) is 12.1 Å². The molecule has 9 heteroatoms. The Morgan fingerprint density at radius 2 is 1.86 bits per heavy atom. The Morgan fingerprint density at radius 3 is 2.59 bits per heavy atom. The van der Waals surface area contributed by atoms with Crippen LogP contribution >= 0.6 is 11.3 Å². The molecule has 0 aliphatic heterocycles. The quantitative estimate of drug-likeness (QED) is 0.557. The zero-order valence-corrected chi connectivity index (χ0v) is 17.3. The van der Waals surface area contributed by atoms with Crippen LogP contribution in [0.25, 0.3) is 0 Å². The first kappa shape index (κ1) is 20.8. The van der Waals surface area contributed by atoms with Crippen LogP contribution in [0.4, 0.5) is 5.69 Å². The number of ether oxygens (including phenoxy) is 2. The van der Waals surface area contributed by atoms with Gasteiger partial charge in [0.2, 0.25) is 0 Å². The van der Waals surface area contributed by atoms with Crippen molar-refractivity contribution in [3.8, 4) is 11.5 Å². The van der Waals surface area contributed by atoms with Gasteiger partial charge < -0.3 is 14.8 Å². The second-order valence-corrected chi connectivity index (χ2v) is 9.24. The third-order valence-corrected chi connectivity index (χ3v) is 5.32. The van der Waals surface area contributed by atoms with Gasteiger partial charge in [-0.15, -0.1) is 11.3 Å². The van der Waals surface area contributed by atoms with Crippen molar-refractivity contribution in [2.75, 3.05) is 23.9 Å². The summed E-state index contributed by atoms with van der Waals surface area (Å²) >= 11 is 1.50. The number of hydrogen-bond donors (Lipinski definition) is 1. The summed E-state index contributed by atoms with van der Waals surface area (Å²) in [4.78, 5) is 16.7. The fourth-order valence-corrected chi connectivity index (χ4v) is 3.30. The first-order valence-electron chi connectivity index (χ1n) is 8.71. The predicted molar refractivity (Wildman–Crippen MR) is 112 cm³/mol. The average Bonchev–Trinajstić information content (AvgIpc) is 3.19. The summed E-state index contributed by atoms with van der Waals surface area (Å²) in [6.45, 7) is 0.385. The van der Waals surface area contributed by atoms with Crippen molar-refractivity contribution in [2.45, 2.75) is 6.61 Å². The summed E-state index contributed by atoms with van der Waals surface area (Å²) < 4.78 is 33.5. The highest BCUT2D eigenvalue weighted by atomic mass is 32.2. The smallest absolute Gasteiger partial charge is 0.255 e. The van der Waals surface area contributed by atoms with Gasteiger partial charge in [-0.25, -0.2) is 13.4 Å². The number of carbonyl (C=O) groups excluding carboxylic acids is 1. The topological polar surface area (TPSA) is 94.6 Å². The number of hydrogen-bond acceptors (Lipinski definition) is 7. The molecule has 1 amide bonds. The van der Waals surface area contributed by atoms with Crippen LogP contribution in [-0.2, 0) is 16.4 Å². The Hall–Kier alpha value is -2.91. The molecular weight excluding hydrogens is 412 g/mol. The molecule has 0 saturated carbocycles. The largest absolute Gasteiger partial charge is 0.492 e. The number of nitrogens with one attached hydrogen (secondary N) is 1. The van der Waals surface area contributed by atoms with Crippen LogP contribution in [0.3, 0.4) is 0 Å². The van der Waals surface area contributed by atoms with Crippen molar-refractivity contribution in [3.63, 3.8) is 0 Å². The minimum Gasteiger partial charge on any atom is -0.492 e. The number of thiazole rings is 1. The Kier molecular flexibility index (Phi) is 6.84. The molecule has 29 heavy (non-hydrogen) atoms. The highest BCUT2D eigenvalue weighted by Gasteiger charge is 2.09. The van der Waals surface area contributed by atoms with Gasteiger partial charge in [0.15, 0.2) is 9.84 Å². The number of amides is 1. The maximum atomic E-state index is 12.6. The summed E-state index contributed by atoms with van der Waals surface area (Å²) in [5.41, 5.74) is 3.56. The molecule has 7 nitrogen and oxygen atoms in total. The van der Waals surface area contributed by atoms with E-state index in [0.717, 1.165) is 11.9 Å². The molecule has 0 spiro atoms. The van der Waals surface area contributed by atoms with Gasteiger partial charge in [-0.05, 0) is 30.3 Å². The van der Waals surface area contributed by atoms with Gasteiger partial charge in [0.1, 0.15) is 24.7 Å². The van der Waals surface area contributed by atoms with E-state index in [9.17, 15) is 13.2 Å². The lowest BCUT2D eigenvalue weighted by atomic mass is 10.2. The molecule has 0 aliphatic rings. The van der Waals surface area contributed by atoms with Crippen molar-refractivity contribution in [3.05, 3.63) is 70.7 Å². The van der Waals surface area contributed by atoms with Gasteiger partial charge in [-0.2, -0.15) is 0 Å². The van der Waals surface area contributed by atoms with Crippen molar-refractivity contribution in [1.82, 2.24) is 4.98 Å². The molecular formula is C20H20N2O5S2. The van der Waals surface area contributed by atoms with E-state index in [4.69, 9.17) is 9.47 Å². The molecule has 1 aromatic heterocycles. The fourth-order valence-electron chi connectivity index (χ4n) is 2.37. The summed E-state index contributed by atoms with van der Waals surface area (Å²) in [7, 11) is -3.09. The van der Waals surface area contributed by atoms with Gasteiger partial charge in [0.05, 0.1) is 17.0 Å². The summed E-state index contributed by atoms with van der Waals surface area (Å²) in [6.07, 6.45) is 1.15. The third kappa shape index (κ3) is 6.88. The maximum absolute atomic E-state index is 12.6. The van der Waals surface area contributed by atoms with Crippen LogP contribution in [-0.4, -0.2) is 37.9 Å². The van der Waals surface area contributed by atoms with Crippen molar-refractivity contribution in [2.24, 2.45) is 0 Å². The predicted octanol–water partition coefficient (Wildman–Crippen LogP) is 3.40. The standard InChI is InChI=1S/C20H20N2O5S2/c1-29(24,25)9-8-26-19-7-3-5-16(11-19)22-20(23)15-4-2-6-18(10-15)27-12-17-13-28-14-21-17/h2-7,10-11,13-14H,8-9,12H2,1H3,(H,22,23). The first-order chi connectivity index (χ1) is 13.9. The van der Waals surface area contributed by atoms with Gasteiger partial charge in [-0.3, -0.25) is 4.79 Å². The molecule has 0 unspecified atom stereocenters. The molecule has 3 rings (SSSR count). The van der Waals surface area contributed by atoms with E-state index >= 15 is 0 Å². The van der Waals surface area contributed by atoms with Crippen LogP contribution in [0.1, 0.15) is 16.1 Å². The summed E-state index contributed by atoms with van der Waals surface area (Å²) in [5.74, 6) is 0.685. The molecule has 0 saturated heterocycles. The van der Waals surface area contributed by atoms with Crippen molar-refractivity contribution < 1.29 is 22.7 Å². The monoisotopic (exact) mass is 432 g/mol. The van der Waals surface area contributed by atoms with Crippen LogP contribution in [0.15, 0.2) is 59.4 Å². The second-order valence-electron chi connectivity index (χ2n) is 6.26. The molecule has 0 aliphatic carbocycles. The van der Waals surface area contributed by atoms with E-state index in [-0.39, 0.29) is 18.3 Å². The highest BCUT2D eigenvalue weighted by molar-refractivity contribution is 7.90. The zero-order chi connectivity index (χ0) is 20.7. The summed E-state index contributed by atoms with van der Waals surface area (Å²) in [6, 6.07) is 13.7. The number of benzene rings is 2. The second kappa shape index (κ2) is 9.53. The fraction of sp³-hybridized carbons (Fsp3) is 0.200. The molecule has 152 valence electrons. The SMILES string of the molecule is CS(=O)(=O)CCOc1cccc(NC(=O)c2cccc(OCc3cscn3)c2)c1. The van der Waals surface area contributed by atoms with Gasteiger partial charge in [0.25, 0.3) is 5.91 Å². The van der Waals surface area contributed by atoms with Crippen molar-refractivity contribution in [1.29, 1.82) is 0 Å². The third-order valence-electron chi connectivity index (χ3n) is 3.78. The number of sulfone groups is 1. The number of carbonyl (C=O) groups is 1. The minimum atomic E-state index is -3.09. The number of anilines is 1. The lowest BCUT2D eigenvalue weighted by molar-refractivity contribution is 0.102. The number of nitrogens with zero attached hydrogens (tertiary/aromatic N) is 1. The van der Waals surface area contributed by atoms with E-state index in [0.29, 0.717) is 29.4 Å². The Bertz CT molecular complexity index is 1070. The molecule has 0 atom stereocenters. The van der Waals surface area contributed by atoms with Crippen LogP contribution in [0, 0.1) is 0 Å². The van der Waals surface area contributed by atoms with Crippen molar-refractivity contribution >= 4 is 32.8 Å². The van der Waals surface area contributed by atoms with Crippen LogP contribution in [0.5, 0.6) is 11.5 Å². The molecule has 3 aromatic rings. The van der Waals surface area contributed by atoms with E-state index in [1.807, 2.05) is 5.38 Å². The molecule has 0 bridgehead atoms. The lowest BCUT2D eigenvalue weighted by Crippen LogP contribution is -2.13.